The van der Waals surface area contributed by atoms with E-state index in [2.05, 4.69) is 15.3 Å². The van der Waals surface area contributed by atoms with Crippen LogP contribution < -0.4 is 20.5 Å². The van der Waals surface area contributed by atoms with Gasteiger partial charge >= 0.3 is 0 Å². The highest BCUT2D eigenvalue weighted by molar-refractivity contribution is 5.94. The van der Waals surface area contributed by atoms with Crippen LogP contribution in [0.3, 0.4) is 0 Å². The lowest BCUT2D eigenvalue weighted by Crippen LogP contribution is -2.00. The molecule has 2 aromatic carbocycles. The van der Waals surface area contributed by atoms with Gasteiger partial charge in [0.15, 0.2) is 0 Å². The number of methoxy groups -OCH3 is 1. The first-order valence-corrected chi connectivity index (χ1v) is 7.29. The quantitative estimate of drug-likeness (QED) is 0.703. The number of anilines is 3. The van der Waals surface area contributed by atoms with Gasteiger partial charge in [0.25, 0.3) is 0 Å². The van der Waals surface area contributed by atoms with Crippen molar-refractivity contribution in [3.63, 3.8) is 0 Å². The van der Waals surface area contributed by atoms with Gasteiger partial charge in [0.1, 0.15) is 23.6 Å². The fourth-order valence-corrected chi connectivity index (χ4v) is 2.29. The number of aromatic nitrogens is 2. The molecule has 3 aromatic rings. The van der Waals surface area contributed by atoms with Crippen LogP contribution in [0, 0.1) is 0 Å². The lowest BCUT2D eigenvalue weighted by molar-refractivity contribution is 0.342. The molecule has 118 valence electrons. The second-order valence-electron chi connectivity index (χ2n) is 4.92. The van der Waals surface area contributed by atoms with Crippen LogP contribution in [0.1, 0.15) is 6.92 Å². The van der Waals surface area contributed by atoms with Crippen LogP contribution in [0.5, 0.6) is 11.5 Å². The van der Waals surface area contributed by atoms with E-state index in [-0.39, 0.29) is 0 Å². The zero-order valence-corrected chi connectivity index (χ0v) is 13.0. The molecule has 0 aliphatic heterocycles. The molecule has 1 aromatic heterocycles. The van der Waals surface area contributed by atoms with E-state index < -0.39 is 0 Å². The Morgan fingerprint density at radius 3 is 2.61 bits per heavy atom. The summed E-state index contributed by atoms with van der Waals surface area (Å²) >= 11 is 0. The van der Waals surface area contributed by atoms with Gasteiger partial charge in [0, 0.05) is 17.1 Å². The maximum Gasteiger partial charge on any atom is 0.144 e. The van der Waals surface area contributed by atoms with Gasteiger partial charge in [-0.2, -0.15) is 0 Å². The number of nitrogens with two attached hydrogens (primary N) is 1. The number of ether oxygens (including phenoxy) is 2. The van der Waals surface area contributed by atoms with Gasteiger partial charge in [-0.3, -0.25) is 0 Å². The summed E-state index contributed by atoms with van der Waals surface area (Å²) in [6, 6.07) is 11.3. The van der Waals surface area contributed by atoms with E-state index in [1.165, 1.54) is 6.33 Å². The zero-order valence-electron chi connectivity index (χ0n) is 13.0. The largest absolute Gasteiger partial charge is 0.497 e. The Morgan fingerprint density at radius 1 is 1.13 bits per heavy atom. The van der Waals surface area contributed by atoms with Crippen molar-refractivity contribution < 1.29 is 9.47 Å². The van der Waals surface area contributed by atoms with Crippen LogP contribution in [0.15, 0.2) is 42.7 Å². The lowest BCUT2D eigenvalue weighted by Gasteiger charge is -2.12. The van der Waals surface area contributed by atoms with Crippen molar-refractivity contribution in [3.05, 3.63) is 42.7 Å². The fourth-order valence-electron chi connectivity index (χ4n) is 2.29. The molecule has 6 heteroatoms. The molecule has 0 bridgehead atoms. The molecule has 3 N–H and O–H groups in total. The molecule has 0 saturated carbocycles. The molecule has 0 aliphatic rings. The summed E-state index contributed by atoms with van der Waals surface area (Å²) in [5.74, 6) is 2.12. The van der Waals surface area contributed by atoms with Crippen LogP contribution in [0.2, 0.25) is 0 Å². The van der Waals surface area contributed by atoms with Crippen LogP contribution in [-0.2, 0) is 0 Å². The van der Waals surface area contributed by atoms with Crippen molar-refractivity contribution in [1.29, 1.82) is 0 Å². The first-order chi connectivity index (χ1) is 11.2. The minimum Gasteiger partial charge on any atom is -0.497 e. The lowest BCUT2D eigenvalue weighted by atomic mass is 10.2. The van der Waals surface area contributed by atoms with Crippen LogP contribution >= 0.6 is 0 Å². The van der Waals surface area contributed by atoms with E-state index in [1.54, 1.807) is 7.11 Å². The summed E-state index contributed by atoms with van der Waals surface area (Å²) in [7, 11) is 1.64. The molecule has 0 unspecified atom stereocenters. The molecule has 0 amide bonds. The molecule has 0 spiro atoms. The number of nitrogen functional groups attached to an aromatic ring is 1. The monoisotopic (exact) mass is 310 g/mol. The third-order valence-corrected chi connectivity index (χ3v) is 3.42. The van der Waals surface area contributed by atoms with Crippen LogP contribution in [0.4, 0.5) is 17.2 Å². The van der Waals surface area contributed by atoms with Crippen LogP contribution in [0.25, 0.3) is 10.9 Å². The Morgan fingerprint density at radius 2 is 1.91 bits per heavy atom. The van der Waals surface area contributed by atoms with Gasteiger partial charge in [-0.25, -0.2) is 9.97 Å². The third-order valence-electron chi connectivity index (χ3n) is 3.42. The standard InChI is InChI=1S/C17H18N4O2/c1-3-23-16-9-15-13(8-14(16)18)17(20-10-19-15)21-11-4-6-12(22-2)7-5-11/h4-10H,3,18H2,1-2H3,(H,19,20,21). The van der Waals surface area contributed by atoms with Crippen molar-refractivity contribution in [2.75, 3.05) is 24.8 Å². The van der Waals surface area contributed by atoms with Crippen LogP contribution in [-0.4, -0.2) is 23.7 Å². The van der Waals surface area contributed by atoms with Gasteiger partial charge in [0.2, 0.25) is 0 Å². The Balaban J connectivity index is 1.98. The van der Waals surface area contributed by atoms with Gasteiger partial charge < -0.3 is 20.5 Å². The Labute approximate surface area is 134 Å². The number of hydrogen-bond acceptors (Lipinski definition) is 6. The van der Waals surface area contributed by atoms with Crippen molar-refractivity contribution in [3.8, 4) is 11.5 Å². The van der Waals surface area contributed by atoms with Gasteiger partial charge in [-0.05, 0) is 37.3 Å². The highest BCUT2D eigenvalue weighted by atomic mass is 16.5. The van der Waals surface area contributed by atoms with E-state index in [4.69, 9.17) is 15.2 Å². The number of benzene rings is 2. The number of hydrogen-bond donors (Lipinski definition) is 2. The first kappa shape index (κ1) is 14.9. The Bertz CT molecular complexity index is 819. The Hall–Kier alpha value is -3.02. The van der Waals surface area contributed by atoms with Crippen molar-refractivity contribution in [2.45, 2.75) is 6.92 Å². The SMILES string of the molecule is CCOc1cc2ncnc(Nc3ccc(OC)cc3)c2cc1N. The smallest absolute Gasteiger partial charge is 0.144 e. The van der Waals surface area contributed by atoms with Crippen molar-refractivity contribution in [1.82, 2.24) is 9.97 Å². The zero-order chi connectivity index (χ0) is 16.2. The average Bonchev–Trinajstić information content (AvgIpc) is 2.57. The molecule has 0 atom stereocenters. The number of nitrogens with one attached hydrogen (secondary N) is 1. The molecule has 6 nitrogen and oxygen atoms in total. The summed E-state index contributed by atoms with van der Waals surface area (Å²) in [5, 5.41) is 4.11. The summed E-state index contributed by atoms with van der Waals surface area (Å²) in [4.78, 5) is 8.60. The molecule has 0 saturated heterocycles. The second-order valence-corrected chi connectivity index (χ2v) is 4.92. The van der Waals surface area contributed by atoms with E-state index in [9.17, 15) is 0 Å². The highest BCUT2D eigenvalue weighted by Crippen LogP contribution is 2.31. The Kier molecular flexibility index (Phi) is 4.14. The van der Waals surface area contributed by atoms with Gasteiger partial charge in [-0.1, -0.05) is 0 Å². The minimum absolute atomic E-state index is 0.553. The maximum atomic E-state index is 6.05. The maximum absolute atomic E-state index is 6.05. The fraction of sp³-hybridized carbons (Fsp3) is 0.176. The van der Waals surface area contributed by atoms with E-state index >= 15 is 0 Å². The predicted molar refractivity (Wildman–Crippen MR) is 91.4 cm³/mol. The summed E-state index contributed by atoms with van der Waals surface area (Å²) in [6.45, 7) is 2.47. The summed E-state index contributed by atoms with van der Waals surface area (Å²) < 4.78 is 10.7. The average molecular weight is 310 g/mol. The topological polar surface area (TPSA) is 82.3 Å². The molecule has 23 heavy (non-hydrogen) atoms. The minimum atomic E-state index is 0.553. The predicted octanol–water partition coefficient (Wildman–Crippen LogP) is 3.36. The van der Waals surface area contributed by atoms with E-state index in [0.717, 1.165) is 22.3 Å². The second kappa shape index (κ2) is 6.39. The molecular formula is C17H18N4O2. The van der Waals surface area contributed by atoms with Crippen molar-refractivity contribution in [2.24, 2.45) is 0 Å². The molecule has 0 radical (unpaired) electrons. The van der Waals surface area contributed by atoms with E-state index in [1.807, 2.05) is 43.3 Å². The number of nitrogens with zero attached hydrogens (tertiary/aromatic N) is 2. The molecule has 0 aliphatic carbocycles. The number of fused-ring (bicyclic) bond motifs is 1. The highest BCUT2D eigenvalue weighted by Gasteiger charge is 2.09. The van der Waals surface area contributed by atoms with Crippen molar-refractivity contribution >= 4 is 28.1 Å². The van der Waals surface area contributed by atoms with Gasteiger partial charge in [0.05, 0.1) is 24.9 Å². The summed E-state index contributed by atoms with van der Waals surface area (Å²) in [6.07, 6.45) is 1.51. The normalized spacial score (nSPS) is 10.5. The molecule has 0 fully saturated rings. The molecule has 3 rings (SSSR count). The summed E-state index contributed by atoms with van der Waals surface area (Å²) in [5.41, 5.74) is 8.28. The molecule has 1 heterocycles. The third kappa shape index (κ3) is 3.11. The number of rotatable bonds is 5. The van der Waals surface area contributed by atoms with Gasteiger partial charge in [-0.15, -0.1) is 0 Å². The molecular weight excluding hydrogens is 292 g/mol. The first-order valence-electron chi connectivity index (χ1n) is 7.29. The van der Waals surface area contributed by atoms with E-state index in [0.29, 0.717) is 23.9 Å².